The molecule has 120 heavy (non-hydrogen) atoms. The molecule has 0 amide bonds. The molecular formula is C108H66N6S2Se4. The van der Waals surface area contributed by atoms with E-state index in [1.165, 1.54) is 246 Å². The number of hydrogen-bond acceptors (Lipinski definition) is 2. The molecule has 0 atom stereocenters. The Kier molecular flexibility index (Phi) is 13.8. The topological polar surface area (TPSA) is 29.6 Å². The van der Waals surface area contributed by atoms with Crippen molar-refractivity contribution < 1.29 is 0 Å². The Morgan fingerprint density at radius 2 is 0.325 bits per heavy atom. The van der Waals surface area contributed by atoms with Crippen LogP contribution in [0.5, 0.6) is 0 Å². The fraction of sp³-hybridized carbons (Fsp3) is 0.0556. The predicted molar refractivity (Wildman–Crippen MR) is 529 cm³/mol. The maximum Gasteiger partial charge on any atom is 0.0542 e. The molecule has 0 N–H and O–H groups in total. The fourth-order valence-electron chi connectivity index (χ4n) is 20.4. The minimum atomic E-state index is 0.351. The third kappa shape index (κ3) is 10.0. The van der Waals surface area contributed by atoms with E-state index >= 15 is 0 Å². The second-order valence-corrected chi connectivity index (χ2v) is 44.9. The first kappa shape index (κ1) is 67.9. The summed E-state index contributed by atoms with van der Waals surface area (Å²) in [5.74, 6) is 0. The van der Waals surface area contributed by atoms with Crippen LogP contribution in [0.4, 0.5) is 0 Å². The summed E-state index contributed by atoms with van der Waals surface area (Å²) in [7, 11) is 12.8. The van der Waals surface area contributed by atoms with Crippen molar-refractivity contribution in [1.82, 2.24) is 27.4 Å². The molecule has 0 saturated carbocycles. The Bertz CT molecular complexity index is 9050. The molecule has 0 radical (unpaired) electrons. The molecule has 0 unspecified atom stereocenters. The summed E-state index contributed by atoms with van der Waals surface area (Å²) in [5, 5.41) is 48.7. The number of fused-ring (bicyclic) bond motifs is 33. The quantitative estimate of drug-likeness (QED) is 0.107. The fourth-order valence-corrected chi connectivity index (χ4v) is 35.9. The predicted octanol–water partition coefficient (Wildman–Crippen LogP) is 28.6. The van der Waals surface area contributed by atoms with Gasteiger partial charge in [0.1, 0.15) is 0 Å². The van der Waals surface area contributed by atoms with Crippen molar-refractivity contribution in [3.8, 4) is 0 Å². The molecule has 0 aliphatic heterocycles. The van der Waals surface area contributed by atoms with E-state index < -0.39 is 0 Å². The summed E-state index contributed by atoms with van der Waals surface area (Å²) in [6, 6.07) is 99.7. The molecule has 0 saturated heterocycles. The molecule has 0 fully saturated rings. The Morgan fingerprint density at radius 3 is 0.533 bits per heavy atom. The van der Waals surface area contributed by atoms with Crippen molar-refractivity contribution in [2.45, 2.75) is 0 Å². The van der Waals surface area contributed by atoms with Crippen LogP contribution in [0.15, 0.2) is 292 Å². The molecule has 12 heteroatoms. The van der Waals surface area contributed by atoms with E-state index in [0.29, 0.717) is 58.0 Å². The van der Waals surface area contributed by atoms with Gasteiger partial charge in [-0.2, -0.15) is 0 Å². The summed E-state index contributed by atoms with van der Waals surface area (Å²) in [4.78, 5) is 0. The van der Waals surface area contributed by atoms with Gasteiger partial charge < -0.3 is 9.13 Å². The molecule has 12 aromatic heterocycles. The first-order chi connectivity index (χ1) is 58.7. The molecule has 564 valence electrons. The summed E-state index contributed by atoms with van der Waals surface area (Å²) in [5.41, 5.74) is 7.74. The van der Waals surface area contributed by atoms with Crippen LogP contribution < -0.4 is 0 Å². The zero-order valence-corrected chi connectivity index (χ0v) is 74.3. The van der Waals surface area contributed by atoms with Gasteiger partial charge in [-0.15, -0.1) is 22.7 Å². The Hall–Kier alpha value is -11.9. The number of nitrogens with zero attached hydrogens (tertiary/aromatic N) is 6. The van der Waals surface area contributed by atoms with Crippen LogP contribution in [-0.4, -0.2) is 85.4 Å². The van der Waals surface area contributed by atoms with E-state index in [1.807, 2.05) is 22.7 Å². The monoisotopic (exact) mass is 1830 g/mol. The molecule has 0 aliphatic rings. The number of benzene rings is 18. The number of aromatic nitrogens is 6. The first-order valence-electron chi connectivity index (χ1n) is 40.8. The molecule has 6 nitrogen and oxygen atoms in total. The van der Waals surface area contributed by atoms with E-state index in [9.17, 15) is 0 Å². The van der Waals surface area contributed by atoms with Crippen LogP contribution >= 0.6 is 22.7 Å². The third-order valence-corrected chi connectivity index (χ3v) is 40.5. The van der Waals surface area contributed by atoms with Crippen molar-refractivity contribution in [2.24, 2.45) is 42.3 Å². The molecule has 30 rings (SSSR count). The number of aryl methyl sites for hydroxylation is 6. The number of hydrogen-bond donors (Lipinski definition) is 0. The van der Waals surface area contributed by atoms with Gasteiger partial charge in [-0.3, -0.25) is 0 Å². The van der Waals surface area contributed by atoms with Crippen molar-refractivity contribution in [3.05, 3.63) is 292 Å². The maximum atomic E-state index is 2.50. The van der Waals surface area contributed by atoms with Crippen LogP contribution in [0, 0.1) is 0 Å². The zero-order chi connectivity index (χ0) is 78.8. The molecule has 0 aliphatic carbocycles. The standard InChI is InChI=1S/C36H22N2S2.2C36H22N2Se2/c2*1-37-5-3-19-7-21-9-27-17-33-29(13-23(27)11-25(21)15-31(19)37)35-36(39-33)30-14-24-12-26-16-32-20(4-6-38(32)2)8-22(26)10-28(24)18-34(30)40-35;1-37-5-3-19-7-21-9-23-13-29-33(17-27(23)11-25(21)15-31(19)37)39-36-30-14-24-10-22-8-20-4-6-38(2)32(20)16-26(22)12-28(24)18-34(30)40-35(29)36/h3*3-18H,1-2H3. The normalized spacial score (nSPS) is 12.8. The van der Waals surface area contributed by atoms with Crippen molar-refractivity contribution >= 4 is 361 Å². The minimum absolute atomic E-state index is 0.351. The molecule has 18 aromatic carbocycles. The smallest absolute Gasteiger partial charge is 0.0542 e. The summed E-state index contributed by atoms with van der Waals surface area (Å²) in [6.07, 6.45) is 12.9. The molecule has 30 aromatic rings. The van der Waals surface area contributed by atoms with Gasteiger partial charge in [-0.25, -0.2) is 0 Å². The summed E-state index contributed by atoms with van der Waals surface area (Å²) >= 11 is 5.29. The second-order valence-electron chi connectivity index (χ2n) is 34.0. The van der Waals surface area contributed by atoms with Gasteiger partial charge in [0.2, 0.25) is 0 Å². The molecular weight excluding hydrogens is 1760 g/mol. The average Bonchev–Trinajstić information content (AvgIpc) is 1.59. The van der Waals surface area contributed by atoms with Gasteiger partial charge in [-0.1, -0.05) is 0 Å². The van der Waals surface area contributed by atoms with Gasteiger partial charge >= 0.3 is 485 Å². The maximum absolute atomic E-state index is 2.50. The van der Waals surface area contributed by atoms with E-state index in [0.717, 1.165) is 0 Å². The van der Waals surface area contributed by atoms with E-state index in [1.54, 1.807) is 34.1 Å². The third-order valence-electron chi connectivity index (χ3n) is 26.7. The van der Waals surface area contributed by atoms with Crippen molar-refractivity contribution in [1.29, 1.82) is 0 Å². The molecule has 0 bridgehead atoms. The molecule has 0 spiro atoms. The minimum Gasteiger partial charge on any atom is -0.351 e. The van der Waals surface area contributed by atoms with Crippen LogP contribution in [0.2, 0.25) is 0 Å². The van der Waals surface area contributed by atoms with Gasteiger partial charge in [-0.05, 0) is 128 Å². The summed E-state index contributed by atoms with van der Waals surface area (Å²) in [6.45, 7) is 0. The average molecular weight is 1830 g/mol. The van der Waals surface area contributed by atoms with Crippen LogP contribution in [0.3, 0.4) is 0 Å². The SMILES string of the molecule is Cn1ccc2cc3cc4cc5[se]c6c7cc8cc9cc%10c(ccn%10C)cc9cc8cc7[se]c6c5cc4cc3cc21.Cn1ccc2cc3cc4cc5c(cc4cc3cc21)[se]c1c2cc3cc4cc6ccn(C)c6cc4cc3cc2[se]c51.Cn1ccc2cc3cc4cc5sc6c7cc8cc9cc%10c(ccn%10C)cc9cc8cc7sc6c5cc4cc3cc21. The second kappa shape index (κ2) is 24.4. The van der Waals surface area contributed by atoms with Gasteiger partial charge in [0.25, 0.3) is 0 Å². The van der Waals surface area contributed by atoms with Gasteiger partial charge in [0.15, 0.2) is 0 Å². The summed E-state index contributed by atoms with van der Waals surface area (Å²) < 4.78 is 31.6. The van der Waals surface area contributed by atoms with Crippen molar-refractivity contribution in [3.63, 3.8) is 0 Å². The Balaban J connectivity index is 0.0000000931. The van der Waals surface area contributed by atoms with Crippen LogP contribution in [-0.2, 0) is 42.3 Å². The largest absolute Gasteiger partial charge is 0.351 e. The number of rotatable bonds is 0. The number of thiophene rings is 2. The van der Waals surface area contributed by atoms with Gasteiger partial charge in [0, 0.05) is 68.5 Å². The van der Waals surface area contributed by atoms with E-state index in [2.05, 4.69) is 362 Å². The van der Waals surface area contributed by atoms with Crippen LogP contribution in [0.1, 0.15) is 0 Å². The Labute approximate surface area is 715 Å². The zero-order valence-electron chi connectivity index (χ0n) is 65.8. The van der Waals surface area contributed by atoms with Crippen molar-refractivity contribution in [2.75, 3.05) is 0 Å². The first-order valence-corrected chi connectivity index (χ1v) is 49.3. The van der Waals surface area contributed by atoms with E-state index in [-0.39, 0.29) is 0 Å². The Morgan fingerprint density at radius 1 is 0.167 bits per heavy atom. The molecule has 12 heterocycles. The van der Waals surface area contributed by atoms with Crippen LogP contribution in [0.25, 0.3) is 280 Å². The van der Waals surface area contributed by atoms with E-state index in [4.69, 9.17) is 0 Å². The van der Waals surface area contributed by atoms with Gasteiger partial charge in [0.05, 0.1) is 9.40 Å².